The normalized spacial score (nSPS) is 16.1. The van der Waals surface area contributed by atoms with E-state index in [-0.39, 0.29) is 29.9 Å². The Morgan fingerprint density at radius 3 is 2.65 bits per heavy atom. The van der Waals surface area contributed by atoms with E-state index in [9.17, 15) is 8.42 Å². The molecular formula is C13H18ClN3O2S. The minimum Gasteiger partial charge on any atom is -0.326 e. The van der Waals surface area contributed by atoms with Crippen molar-refractivity contribution in [2.45, 2.75) is 30.7 Å². The van der Waals surface area contributed by atoms with E-state index in [1.54, 1.807) is 13.0 Å². The van der Waals surface area contributed by atoms with Gasteiger partial charge in [-0.1, -0.05) is 0 Å². The van der Waals surface area contributed by atoms with Gasteiger partial charge in [-0.15, -0.1) is 12.4 Å². The van der Waals surface area contributed by atoms with Crippen LogP contribution in [0.2, 0.25) is 0 Å². The van der Waals surface area contributed by atoms with E-state index in [0.29, 0.717) is 17.0 Å². The SMILES string of the molecule is Cc1cc(C#N)ccc1S(=O)(=O)NCC(N)C1CC1.Cl. The van der Waals surface area contributed by atoms with Crippen molar-refractivity contribution >= 4 is 22.4 Å². The van der Waals surface area contributed by atoms with Crippen LogP contribution in [-0.2, 0) is 10.0 Å². The number of nitrogens with one attached hydrogen (secondary N) is 1. The van der Waals surface area contributed by atoms with Gasteiger partial charge in [-0.2, -0.15) is 5.26 Å². The molecule has 0 bridgehead atoms. The highest BCUT2D eigenvalue weighted by Crippen LogP contribution is 2.31. The smallest absolute Gasteiger partial charge is 0.240 e. The fraction of sp³-hybridized carbons (Fsp3) is 0.462. The van der Waals surface area contributed by atoms with Gasteiger partial charge in [0, 0.05) is 12.6 Å². The lowest BCUT2D eigenvalue weighted by molar-refractivity contribution is 0.547. The molecule has 110 valence electrons. The van der Waals surface area contributed by atoms with Crippen LogP contribution in [0, 0.1) is 24.2 Å². The van der Waals surface area contributed by atoms with Crippen LogP contribution < -0.4 is 10.5 Å². The summed E-state index contributed by atoms with van der Waals surface area (Å²) >= 11 is 0. The third-order valence-electron chi connectivity index (χ3n) is 3.33. The third kappa shape index (κ3) is 3.93. The molecule has 0 aliphatic heterocycles. The fourth-order valence-corrected chi connectivity index (χ4v) is 3.29. The molecule has 1 aromatic rings. The number of hydrogen-bond acceptors (Lipinski definition) is 4. The monoisotopic (exact) mass is 315 g/mol. The second-order valence-corrected chi connectivity index (χ2v) is 6.68. The van der Waals surface area contributed by atoms with Crippen LogP contribution in [0.15, 0.2) is 23.1 Å². The number of aryl methyl sites for hydroxylation is 1. The maximum atomic E-state index is 12.2. The van der Waals surface area contributed by atoms with Crippen LogP contribution >= 0.6 is 12.4 Å². The van der Waals surface area contributed by atoms with Crippen LogP contribution in [0.3, 0.4) is 0 Å². The molecule has 1 unspecified atom stereocenters. The van der Waals surface area contributed by atoms with E-state index in [2.05, 4.69) is 4.72 Å². The van der Waals surface area contributed by atoms with Gasteiger partial charge in [-0.3, -0.25) is 0 Å². The summed E-state index contributed by atoms with van der Waals surface area (Å²) in [4.78, 5) is 0.203. The Bertz CT molecular complexity index is 621. The van der Waals surface area contributed by atoms with Crippen molar-refractivity contribution in [3.05, 3.63) is 29.3 Å². The molecule has 5 nitrogen and oxygen atoms in total. The van der Waals surface area contributed by atoms with Crippen LogP contribution in [0.1, 0.15) is 24.0 Å². The van der Waals surface area contributed by atoms with Gasteiger partial charge < -0.3 is 5.73 Å². The van der Waals surface area contributed by atoms with Gasteiger partial charge in [-0.25, -0.2) is 13.1 Å². The van der Waals surface area contributed by atoms with Crippen molar-refractivity contribution in [3.8, 4) is 6.07 Å². The molecule has 0 aromatic heterocycles. The van der Waals surface area contributed by atoms with Gasteiger partial charge in [0.25, 0.3) is 0 Å². The molecule has 1 atom stereocenters. The molecule has 1 aliphatic carbocycles. The van der Waals surface area contributed by atoms with Crippen LogP contribution in [-0.4, -0.2) is 21.0 Å². The van der Waals surface area contributed by atoms with Crippen molar-refractivity contribution in [2.75, 3.05) is 6.54 Å². The molecule has 0 amide bonds. The molecule has 1 fully saturated rings. The Morgan fingerprint density at radius 2 is 2.15 bits per heavy atom. The first kappa shape index (κ1) is 16.9. The predicted octanol–water partition coefficient (Wildman–Crippen LogP) is 1.30. The summed E-state index contributed by atoms with van der Waals surface area (Å²) in [6.07, 6.45) is 2.16. The van der Waals surface area contributed by atoms with Crippen molar-refractivity contribution in [2.24, 2.45) is 11.7 Å². The standard InChI is InChI=1S/C13H17N3O2S.ClH/c1-9-6-10(7-14)2-5-13(9)19(17,18)16-8-12(15)11-3-4-11;/h2,5-6,11-12,16H,3-4,8,15H2,1H3;1H. The summed E-state index contributed by atoms with van der Waals surface area (Å²) in [5.41, 5.74) is 6.89. The maximum absolute atomic E-state index is 12.2. The molecule has 0 heterocycles. The van der Waals surface area contributed by atoms with Crippen molar-refractivity contribution in [3.63, 3.8) is 0 Å². The van der Waals surface area contributed by atoms with Gasteiger partial charge in [-0.05, 0) is 49.4 Å². The lowest BCUT2D eigenvalue weighted by Crippen LogP contribution is -2.38. The van der Waals surface area contributed by atoms with Crippen LogP contribution in [0.5, 0.6) is 0 Å². The zero-order valence-electron chi connectivity index (χ0n) is 11.2. The fourth-order valence-electron chi connectivity index (χ4n) is 2.00. The number of benzene rings is 1. The lowest BCUT2D eigenvalue weighted by Gasteiger charge is -2.13. The molecule has 1 saturated carbocycles. The quantitative estimate of drug-likeness (QED) is 0.856. The van der Waals surface area contributed by atoms with E-state index in [1.807, 2.05) is 6.07 Å². The molecule has 0 saturated heterocycles. The topological polar surface area (TPSA) is 96.0 Å². The zero-order valence-corrected chi connectivity index (χ0v) is 12.8. The summed E-state index contributed by atoms with van der Waals surface area (Å²) in [5, 5.41) is 8.77. The minimum atomic E-state index is -3.56. The second kappa shape index (κ2) is 6.55. The first-order chi connectivity index (χ1) is 8.94. The maximum Gasteiger partial charge on any atom is 0.240 e. The van der Waals surface area contributed by atoms with Crippen molar-refractivity contribution in [1.29, 1.82) is 5.26 Å². The Kier molecular flexibility index (Phi) is 5.54. The average Bonchev–Trinajstić information content (AvgIpc) is 3.19. The summed E-state index contributed by atoms with van der Waals surface area (Å²) in [6, 6.07) is 6.39. The number of rotatable bonds is 5. The van der Waals surface area contributed by atoms with E-state index in [0.717, 1.165) is 12.8 Å². The lowest BCUT2D eigenvalue weighted by atomic mass is 10.2. The Balaban J connectivity index is 0.00000200. The van der Waals surface area contributed by atoms with Crippen molar-refractivity contribution < 1.29 is 8.42 Å². The van der Waals surface area contributed by atoms with E-state index in [4.69, 9.17) is 11.0 Å². The molecule has 7 heteroatoms. The van der Waals surface area contributed by atoms with Gasteiger partial charge in [0.1, 0.15) is 0 Å². The predicted molar refractivity (Wildman–Crippen MR) is 79.0 cm³/mol. The van der Waals surface area contributed by atoms with Crippen molar-refractivity contribution in [1.82, 2.24) is 4.72 Å². The summed E-state index contributed by atoms with van der Waals surface area (Å²) in [5.74, 6) is 0.449. The highest BCUT2D eigenvalue weighted by Gasteiger charge is 2.29. The average molecular weight is 316 g/mol. The highest BCUT2D eigenvalue weighted by atomic mass is 35.5. The van der Waals surface area contributed by atoms with Crippen LogP contribution in [0.4, 0.5) is 0 Å². The molecule has 3 N–H and O–H groups in total. The molecule has 0 radical (unpaired) electrons. The first-order valence-electron chi connectivity index (χ1n) is 6.20. The van der Waals surface area contributed by atoms with Gasteiger partial charge in [0.2, 0.25) is 10.0 Å². The molecular weight excluding hydrogens is 298 g/mol. The van der Waals surface area contributed by atoms with E-state index in [1.165, 1.54) is 12.1 Å². The van der Waals surface area contributed by atoms with E-state index < -0.39 is 10.0 Å². The Hall–Kier alpha value is -1.13. The third-order valence-corrected chi connectivity index (χ3v) is 4.91. The number of nitrogens with zero attached hydrogens (tertiary/aromatic N) is 1. The second-order valence-electron chi connectivity index (χ2n) is 4.95. The summed E-state index contributed by atoms with van der Waals surface area (Å²) < 4.78 is 26.8. The molecule has 20 heavy (non-hydrogen) atoms. The molecule has 1 aliphatic rings. The zero-order chi connectivity index (χ0) is 14.0. The van der Waals surface area contributed by atoms with E-state index >= 15 is 0 Å². The van der Waals surface area contributed by atoms with Gasteiger partial charge >= 0.3 is 0 Å². The number of halogens is 1. The van der Waals surface area contributed by atoms with Crippen LogP contribution in [0.25, 0.3) is 0 Å². The first-order valence-corrected chi connectivity index (χ1v) is 7.68. The Labute approximate surface area is 125 Å². The minimum absolute atomic E-state index is 0. The molecule has 1 aromatic carbocycles. The van der Waals surface area contributed by atoms with Gasteiger partial charge in [0.15, 0.2) is 0 Å². The molecule has 2 rings (SSSR count). The highest BCUT2D eigenvalue weighted by molar-refractivity contribution is 7.89. The largest absolute Gasteiger partial charge is 0.326 e. The Morgan fingerprint density at radius 1 is 1.50 bits per heavy atom. The number of hydrogen-bond donors (Lipinski definition) is 2. The number of sulfonamides is 1. The van der Waals surface area contributed by atoms with Gasteiger partial charge in [0.05, 0.1) is 16.5 Å². The number of nitriles is 1. The summed E-state index contributed by atoms with van der Waals surface area (Å²) in [7, 11) is -3.56. The molecule has 0 spiro atoms. The number of nitrogens with two attached hydrogens (primary N) is 1. The summed E-state index contributed by atoms with van der Waals surface area (Å²) in [6.45, 7) is 1.93.